The van der Waals surface area contributed by atoms with Crippen LogP contribution in [0.15, 0.2) is 17.6 Å². The van der Waals surface area contributed by atoms with Gasteiger partial charge in [0.25, 0.3) is 0 Å². The summed E-state index contributed by atoms with van der Waals surface area (Å²) in [6, 6.07) is 0. The number of aldehydes is 1. The van der Waals surface area contributed by atoms with Crippen molar-refractivity contribution in [3.63, 3.8) is 0 Å². The topological polar surface area (TPSA) is 59.8 Å². The lowest BCUT2D eigenvalue weighted by Gasteiger charge is -2.16. The van der Waals surface area contributed by atoms with Gasteiger partial charge < -0.3 is 5.32 Å². The quantitative estimate of drug-likeness (QED) is 0.601. The summed E-state index contributed by atoms with van der Waals surface area (Å²) in [5.74, 6) is 0.693. The van der Waals surface area contributed by atoms with Gasteiger partial charge in [-0.05, 0) is 6.92 Å². The fourth-order valence-electron chi connectivity index (χ4n) is 1.13. The van der Waals surface area contributed by atoms with Crippen molar-refractivity contribution in [3.05, 3.63) is 17.6 Å². The zero-order valence-electron chi connectivity index (χ0n) is 6.61. The van der Waals surface area contributed by atoms with E-state index in [0.29, 0.717) is 18.1 Å². The van der Waals surface area contributed by atoms with Crippen LogP contribution >= 0.6 is 0 Å². The Labute approximate surface area is 69.1 Å². The fourth-order valence-corrected chi connectivity index (χ4v) is 1.13. The van der Waals surface area contributed by atoms with Gasteiger partial charge >= 0.3 is 0 Å². The molecule has 1 aromatic heterocycles. The first-order chi connectivity index (χ1) is 5.81. The van der Waals surface area contributed by atoms with Crippen molar-refractivity contribution in [2.24, 2.45) is 0 Å². The number of anilines is 1. The van der Waals surface area contributed by atoms with Crippen molar-refractivity contribution in [1.82, 2.24) is 14.8 Å². The summed E-state index contributed by atoms with van der Waals surface area (Å²) in [4.78, 5) is 14.5. The van der Waals surface area contributed by atoms with E-state index < -0.39 is 0 Å². The smallest absolute Gasteiger partial charge is 0.225 e. The van der Waals surface area contributed by atoms with Gasteiger partial charge in [-0.1, -0.05) is 0 Å². The predicted molar refractivity (Wildman–Crippen MR) is 42.4 cm³/mol. The molecule has 0 bridgehead atoms. The second kappa shape index (κ2) is 2.44. The number of carbonyl (C=O) groups excluding carboxylic acids is 1. The molecule has 1 N–H and O–H groups in total. The van der Waals surface area contributed by atoms with Crippen molar-refractivity contribution >= 4 is 12.2 Å². The molecular formula is C7H8N4O. The molecule has 1 aliphatic heterocycles. The van der Waals surface area contributed by atoms with Gasteiger partial charge in [0.05, 0.1) is 6.54 Å². The highest BCUT2D eigenvalue weighted by atomic mass is 16.1. The van der Waals surface area contributed by atoms with E-state index in [-0.39, 0.29) is 0 Å². The highest BCUT2D eigenvalue weighted by Crippen LogP contribution is 2.16. The Kier molecular flexibility index (Phi) is 1.43. The zero-order valence-corrected chi connectivity index (χ0v) is 6.61. The van der Waals surface area contributed by atoms with Gasteiger partial charge in [-0.3, -0.25) is 4.79 Å². The minimum absolute atomic E-state index is 0.512. The number of fused-ring (bicyclic) bond motifs is 1. The number of hydrogen-bond acceptors (Lipinski definition) is 4. The van der Waals surface area contributed by atoms with Gasteiger partial charge in [-0.25, -0.2) is 4.68 Å². The molecule has 1 aromatic rings. The van der Waals surface area contributed by atoms with Gasteiger partial charge in [-0.15, -0.1) is 0 Å². The molecule has 0 aromatic carbocycles. The van der Waals surface area contributed by atoms with Crippen LogP contribution in [-0.4, -0.2) is 21.1 Å². The lowest BCUT2D eigenvalue weighted by Crippen LogP contribution is -2.18. The second-order valence-electron chi connectivity index (χ2n) is 2.63. The summed E-state index contributed by atoms with van der Waals surface area (Å²) in [7, 11) is 0. The van der Waals surface area contributed by atoms with Crippen LogP contribution in [0.3, 0.4) is 0 Å². The fraction of sp³-hybridized carbons (Fsp3) is 0.286. The molecule has 1 aliphatic rings. The summed E-state index contributed by atoms with van der Waals surface area (Å²) < 4.78 is 1.65. The Morgan fingerprint density at radius 1 is 1.75 bits per heavy atom. The van der Waals surface area contributed by atoms with Crippen LogP contribution in [0.2, 0.25) is 0 Å². The summed E-state index contributed by atoms with van der Waals surface area (Å²) >= 11 is 0. The third-order valence-corrected chi connectivity index (χ3v) is 1.86. The first kappa shape index (κ1) is 7.02. The van der Waals surface area contributed by atoms with Crippen molar-refractivity contribution in [2.45, 2.75) is 13.5 Å². The lowest BCUT2D eigenvalue weighted by molar-refractivity contribution is -0.105. The molecule has 2 heterocycles. The Morgan fingerprint density at radius 2 is 2.58 bits per heavy atom. The van der Waals surface area contributed by atoms with E-state index in [2.05, 4.69) is 15.4 Å². The number of nitrogens with zero attached hydrogens (tertiary/aromatic N) is 3. The molecule has 0 aliphatic carbocycles. The number of hydrogen-bond donors (Lipinski definition) is 1. The van der Waals surface area contributed by atoms with Gasteiger partial charge in [0.1, 0.15) is 12.6 Å². The van der Waals surface area contributed by atoms with Crippen molar-refractivity contribution in [1.29, 1.82) is 0 Å². The van der Waals surface area contributed by atoms with Gasteiger partial charge in [0, 0.05) is 11.3 Å². The molecule has 0 amide bonds. The van der Waals surface area contributed by atoms with Crippen molar-refractivity contribution in [3.8, 4) is 0 Å². The average molecular weight is 164 g/mol. The van der Waals surface area contributed by atoms with Crippen LogP contribution in [0.4, 0.5) is 5.95 Å². The molecule has 2 rings (SSSR count). The van der Waals surface area contributed by atoms with Crippen LogP contribution < -0.4 is 5.32 Å². The molecule has 5 nitrogen and oxygen atoms in total. The predicted octanol–water partition coefficient (Wildman–Crippen LogP) is 0.177. The SMILES string of the molecule is CC1=C(C=O)Cn2ncnc2N1. The molecule has 0 unspecified atom stereocenters. The molecule has 0 atom stereocenters. The Hall–Kier alpha value is -1.65. The molecule has 0 radical (unpaired) electrons. The maximum atomic E-state index is 10.5. The minimum atomic E-state index is 0.512. The van der Waals surface area contributed by atoms with E-state index >= 15 is 0 Å². The van der Waals surface area contributed by atoms with E-state index in [1.807, 2.05) is 6.92 Å². The maximum absolute atomic E-state index is 10.5. The average Bonchev–Trinajstić information content (AvgIpc) is 2.49. The van der Waals surface area contributed by atoms with E-state index in [1.54, 1.807) is 4.68 Å². The third kappa shape index (κ3) is 0.903. The molecule has 5 heteroatoms. The summed E-state index contributed by atoms with van der Waals surface area (Å²) in [6.07, 6.45) is 2.30. The zero-order chi connectivity index (χ0) is 8.55. The van der Waals surface area contributed by atoms with Gasteiger partial charge in [0.15, 0.2) is 0 Å². The van der Waals surface area contributed by atoms with E-state index in [1.165, 1.54) is 6.33 Å². The number of aromatic nitrogens is 3. The Bertz CT molecular complexity index is 352. The van der Waals surface area contributed by atoms with E-state index in [9.17, 15) is 4.79 Å². The van der Waals surface area contributed by atoms with Crippen LogP contribution in [0, 0.1) is 0 Å². The van der Waals surface area contributed by atoms with Crippen LogP contribution in [-0.2, 0) is 11.3 Å². The lowest BCUT2D eigenvalue weighted by atomic mass is 10.2. The largest absolute Gasteiger partial charge is 0.328 e. The molecule has 0 spiro atoms. The molecule has 62 valence electrons. The summed E-state index contributed by atoms with van der Waals surface area (Å²) in [6.45, 7) is 2.36. The highest BCUT2D eigenvalue weighted by Gasteiger charge is 2.14. The maximum Gasteiger partial charge on any atom is 0.225 e. The number of rotatable bonds is 1. The Morgan fingerprint density at radius 3 is 3.33 bits per heavy atom. The van der Waals surface area contributed by atoms with Crippen LogP contribution in [0.1, 0.15) is 6.92 Å². The molecular weight excluding hydrogens is 156 g/mol. The van der Waals surface area contributed by atoms with E-state index in [0.717, 1.165) is 12.0 Å². The number of allylic oxidation sites excluding steroid dienone is 2. The van der Waals surface area contributed by atoms with Crippen molar-refractivity contribution < 1.29 is 4.79 Å². The first-order valence-electron chi connectivity index (χ1n) is 3.61. The number of nitrogens with one attached hydrogen (secondary N) is 1. The Balaban J connectivity index is 2.40. The summed E-state index contributed by atoms with van der Waals surface area (Å²) in [5, 5.41) is 6.92. The highest BCUT2D eigenvalue weighted by molar-refractivity contribution is 5.76. The van der Waals surface area contributed by atoms with Crippen LogP contribution in [0.5, 0.6) is 0 Å². The normalized spacial score (nSPS) is 15.4. The van der Waals surface area contributed by atoms with Gasteiger partial charge in [-0.2, -0.15) is 10.1 Å². The second-order valence-corrected chi connectivity index (χ2v) is 2.63. The van der Waals surface area contributed by atoms with Gasteiger partial charge in [0.2, 0.25) is 5.95 Å². The molecule has 0 saturated carbocycles. The monoisotopic (exact) mass is 164 g/mol. The molecule has 0 fully saturated rings. The molecule has 12 heavy (non-hydrogen) atoms. The minimum Gasteiger partial charge on any atom is -0.328 e. The van der Waals surface area contributed by atoms with Crippen molar-refractivity contribution in [2.75, 3.05) is 5.32 Å². The first-order valence-corrected chi connectivity index (χ1v) is 3.61. The summed E-state index contributed by atoms with van der Waals surface area (Å²) in [5.41, 5.74) is 1.57. The van der Waals surface area contributed by atoms with E-state index in [4.69, 9.17) is 0 Å². The van der Waals surface area contributed by atoms with Crippen LogP contribution in [0.25, 0.3) is 0 Å². The standard InChI is InChI=1S/C7H8N4O/c1-5-6(3-12)2-11-7(10-5)8-4-9-11/h3-4H,2H2,1H3,(H,8,9,10). The molecule has 0 saturated heterocycles. The number of carbonyl (C=O) groups is 1. The third-order valence-electron chi connectivity index (χ3n) is 1.86.